The van der Waals surface area contributed by atoms with Gasteiger partial charge in [-0.3, -0.25) is 0 Å². The standard InChI is InChI=1S/C17H18/c1-13(14-6-2-3-7-14)12-16-11-10-15-8-4-5-9-17(15)16/h2-6,8-11,13,16H,7,12H2,1H3. The molecule has 0 spiro atoms. The van der Waals surface area contributed by atoms with E-state index in [9.17, 15) is 0 Å². The lowest BCUT2D eigenvalue weighted by atomic mass is 9.87. The lowest BCUT2D eigenvalue weighted by Crippen LogP contribution is -2.04. The summed E-state index contributed by atoms with van der Waals surface area (Å²) in [5, 5.41) is 0. The molecule has 0 heteroatoms. The molecule has 2 aliphatic rings. The summed E-state index contributed by atoms with van der Waals surface area (Å²) < 4.78 is 0. The molecule has 0 saturated heterocycles. The van der Waals surface area contributed by atoms with Gasteiger partial charge in [0.05, 0.1) is 0 Å². The van der Waals surface area contributed by atoms with Gasteiger partial charge in [0.2, 0.25) is 0 Å². The maximum Gasteiger partial charge on any atom is 0.00328 e. The van der Waals surface area contributed by atoms with Gasteiger partial charge < -0.3 is 0 Å². The molecule has 0 nitrogen and oxygen atoms in total. The highest BCUT2D eigenvalue weighted by molar-refractivity contribution is 5.62. The van der Waals surface area contributed by atoms with Crippen molar-refractivity contribution >= 4 is 6.08 Å². The summed E-state index contributed by atoms with van der Waals surface area (Å²) in [4.78, 5) is 0. The molecule has 0 amide bonds. The second-order valence-corrected chi connectivity index (χ2v) is 5.11. The Bertz CT molecular complexity index is 503. The van der Waals surface area contributed by atoms with E-state index in [1.165, 1.54) is 17.5 Å². The average molecular weight is 222 g/mol. The van der Waals surface area contributed by atoms with Crippen LogP contribution >= 0.6 is 0 Å². The fraction of sp³-hybridized carbons (Fsp3) is 0.294. The van der Waals surface area contributed by atoms with Crippen molar-refractivity contribution in [2.45, 2.75) is 25.7 Å². The molecule has 2 aliphatic carbocycles. The predicted octanol–water partition coefficient (Wildman–Crippen LogP) is 4.71. The summed E-state index contributed by atoms with van der Waals surface area (Å²) in [5.74, 6) is 1.30. The Kier molecular flexibility index (Phi) is 2.72. The van der Waals surface area contributed by atoms with Crippen LogP contribution in [0.4, 0.5) is 0 Å². The third kappa shape index (κ3) is 2.00. The topological polar surface area (TPSA) is 0 Å². The minimum absolute atomic E-state index is 0.614. The number of benzene rings is 1. The molecule has 1 aromatic carbocycles. The first kappa shape index (κ1) is 10.6. The number of hydrogen-bond acceptors (Lipinski definition) is 0. The van der Waals surface area contributed by atoms with E-state index >= 15 is 0 Å². The molecular weight excluding hydrogens is 204 g/mol. The third-order valence-corrected chi connectivity index (χ3v) is 3.94. The van der Waals surface area contributed by atoms with Crippen molar-refractivity contribution in [3.63, 3.8) is 0 Å². The van der Waals surface area contributed by atoms with Gasteiger partial charge in [-0.2, -0.15) is 0 Å². The van der Waals surface area contributed by atoms with E-state index in [4.69, 9.17) is 0 Å². The SMILES string of the molecule is CC(CC1C=Cc2ccccc21)C1=CC=CC1. The van der Waals surface area contributed by atoms with Gasteiger partial charge in [-0.25, -0.2) is 0 Å². The van der Waals surface area contributed by atoms with Gasteiger partial charge in [0.1, 0.15) is 0 Å². The van der Waals surface area contributed by atoms with E-state index in [1.54, 1.807) is 5.57 Å². The van der Waals surface area contributed by atoms with E-state index in [-0.39, 0.29) is 0 Å². The van der Waals surface area contributed by atoms with Crippen LogP contribution in [0.2, 0.25) is 0 Å². The fourth-order valence-corrected chi connectivity index (χ4v) is 2.89. The normalized spacial score (nSPS) is 22.6. The molecule has 0 bridgehead atoms. The number of rotatable bonds is 3. The zero-order valence-corrected chi connectivity index (χ0v) is 10.3. The summed E-state index contributed by atoms with van der Waals surface area (Å²) in [7, 11) is 0. The minimum Gasteiger partial charge on any atom is -0.0805 e. The Morgan fingerprint density at radius 2 is 2.18 bits per heavy atom. The largest absolute Gasteiger partial charge is 0.0805 e. The summed E-state index contributed by atoms with van der Waals surface area (Å²) in [5.41, 5.74) is 4.50. The van der Waals surface area contributed by atoms with Gasteiger partial charge in [0, 0.05) is 5.92 Å². The molecule has 0 aromatic heterocycles. The monoisotopic (exact) mass is 222 g/mol. The summed E-state index contributed by atoms with van der Waals surface area (Å²) in [6, 6.07) is 8.76. The summed E-state index contributed by atoms with van der Waals surface area (Å²) in [6.45, 7) is 2.35. The van der Waals surface area contributed by atoms with Crippen LogP contribution in [0.5, 0.6) is 0 Å². The Morgan fingerprint density at radius 1 is 1.29 bits per heavy atom. The lowest BCUT2D eigenvalue weighted by molar-refractivity contribution is 0.571. The zero-order valence-electron chi connectivity index (χ0n) is 10.3. The van der Waals surface area contributed by atoms with E-state index in [0.717, 1.165) is 6.42 Å². The highest BCUT2D eigenvalue weighted by Gasteiger charge is 2.20. The zero-order chi connectivity index (χ0) is 11.7. The molecule has 0 fully saturated rings. The molecular formula is C17H18. The van der Waals surface area contributed by atoms with Crippen LogP contribution < -0.4 is 0 Å². The molecule has 86 valence electrons. The summed E-state index contributed by atoms with van der Waals surface area (Å²) in [6.07, 6.45) is 13.8. The Morgan fingerprint density at radius 3 is 3.00 bits per heavy atom. The molecule has 2 atom stereocenters. The molecule has 1 aromatic rings. The van der Waals surface area contributed by atoms with Crippen LogP contribution in [0.1, 0.15) is 36.8 Å². The van der Waals surface area contributed by atoms with Crippen LogP contribution in [0, 0.1) is 5.92 Å². The van der Waals surface area contributed by atoms with Crippen LogP contribution in [0.25, 0.3) is 6.08 Å². The second kappa shape index (κ2) is 4.37. The first-order chi connectivity index (χ1) is 8.34. The lowest BCUT2D eigenvalue weighted by Gasteiger charge is -2.18. The van der Waals surface area contributed by atoms with Gasteiger partial charge in [-0.15, -0.1) is 0 Å². The van der Waals surface area contributed by atoms with Gasteiger partial charge >= 0.3 is 0 Å². The highest BCUT2D eigenvalue weighted by atomic mass is 14.2. The van der Waals surface area contributed by atoms with Gasteiger partial charge in [0.25, 0.3) is 0 Å². The van der Waals surface area contributed by atoms with Crippen molar-refractivity contribution in [1.29, 1.82) is 0 Å². The number of hydrogen-bond donors (Lipinski definition) is 0. The predicted molar refractivity (Wildman–Crippen MR) is 73.8 cm³/mol. The Labute approximate surface area is 103 Å². The Hall–Kier alpha value is -1.56. The molecule has 0 radical (unpaired) electrons. The first-order valence-corrected chi connectivity index (χ1v) is 6.47. The van der Waals surface area contributed by atoms with Crippen molar-refractivity contribution < 1.29 is 0 Å². The third-order valence-electron chi connectivity index (χ3n) is 3.94. The van der Waals surface area contributed by atoms with Crippen molar-refractivity contribution in [1.82, 2.24) is 0 Å². The molecule has 0 heterocycles. The van der Waals surface area contributed by atoms with Gasteiger partial charge in [-0.05, 0) is 29.9 Å². The summed E-state index contributed by atoms with van der Waals surface area (Å²) >= 11 is 0. The van der Waals surface area contributed by atoms with E-state index in [1.807, 2.05) is 0 Å². The molecule has 0 saturated carbocycles. The van der Waals surface area contributed by atoms with E-state index < -0.39 is 0 Å². The van der Waals surface area contributed by atoms with Crippen LogP contribution in [0.15, 0.2) is 54.1 Å². The average Bonchev–Trinajstić information content (AvgIpc) is 2.98. The van der Waals surface area contributed by atoms with Crippen molar-refractivity contribution in [3.8, 4) is 0 Å². The van der Waals surface area contributed by atoms with Crippen molar-refractivity contribution in [3.05, 3.63) is 65.3 Å². The van der Waals surface area contributed by atoms with Gasteiger partial charge in [0.15, 0.2) is 0 Å². The second-order valence-electron chi connectivity index (χ2n) is 5.11. The number of allylic oxidation sites excluding steroid dienone is 5. The van der Waals surface area contributed by atoms with Crippen molar-refractivity contribution in [2.75, 3.05) is 0 Å². The van der Waals surface area contributed by atoms with E-state index in [2.05, 4.69) is 61.6 Å². The van der Waals surface area contributed by atoms with Crippen LogP contribution in [-0.4, -0.2) is 0 Å². The fourth-order valence-electron chi connectivity index (χ4n) is 2.89. The van der Waals surface area contributed by atoms with E-state index in [0.29, 0.717) is 11.8 Å². The Balaban J connectivity index is 1.73. The maximum atomic E-state index is 2.37. The molecule has 17 heavy (non-hydrogen) atoms. The first-order valence-electron chi connectivity index (χ1n) is 6.47. The molecule has 0 N–H and O–H groups in total. The smallest absolute Gasteiger partial charge is 0.00328 e. The minimum atomic E-state index is 0.614. The molecule has 3 rings (SSSR count). The number of fused-ring (bicyclic) bond motifs is 1. The quantitative estimate of drug-likeness (QED) is 0.694. The van der Waals surface area contributed by atoms with Crippen molar-refractivity contribution in [2.24, 2.45) is 5.92 Å². The van der Waals surface area contributed by atoms with Crippen LogP contribution in [0.3, 0.4) is 0 Å². The molecule has 0 aliphatic heterocycles. The maximum absolute atomic E-state index is 2.37. The van der Waals surface area contributed by atoms with Gasteiger partial charge in [-0.1, -0.05) is 67.1 Å². The van der Waals surface area contributed by atoms with Crippen LogP contribution in [-0.2, 0) is 0 Å². The molecule has 2 unspecified atom stereocenters. The highest BCUT2D eigenvalue weighted by Crippen LogP contribution is 2.37.